The minimum atomic E-state index is -0.00453. The second kappa shape index (κ2) is 5.08. The van der Waals surface area contributed by atoms with Gasteiger partial charge in [0.25, 0.3) is 0 Å². The smallest absolute Gasteiger partial charge is 0.244 e. The van der Waals surface area contributed by atoms with Crippen molar-refractivity contribution in [1.82, 2.24) is 10.6 Å². The first-order chi connectivity index (χ1) is 8.84. The quantitative estimate of drug-likeness (QED) is 0.825. The molecule has 0 radical (unpaired) electrons. The first kappa shape index (κ1) is 11.7. The predicted molar refractivity (Wildman–Crippen MR) is 71.6 cm³/mol. The van der Waals surface area contributed by atoms with E-state index in [4.69, 9.17) is 0 Å². The first-order valence-electron chi connectivity index (χ1n) is 6.68. The molecule has 2 saturated heterocycles. The van der Waals surface area contributed by atoms with Gasteiger partial charge in [0.05, 0.1) is 6.04 Å². The molecule has 1 aromatic rings. The molecule has 0 spiro atoms. The number of hydrogen-bond acceptors (Lipinski definition) is 3. The first-order valence-corrected chi connectivity index (χ1v) is 6.68. The van der Waals surface area contributed by atoms with Crippen LogP contribution in [0.3, 0.4) is 0 Å². The summed E-state index contributed by atoms with van der Waals surface area (Å²) in [5, 5.41) is 6.79. The SMILES string of the molecule is O=C1C(NC2CCNC2)CCN1c1ccccc1. The van der Waals surface area contributed by atoms with Crippen LogP contribution < -0.4 is 15.5 Å². The zero-order valence-corrected chi connectivity index (χ0v) is 10.4. The Labute approximate surface area is 107 Å². The lowest BCUT2D eigenvalue weighted by molar-refractivity contribution is -0.119. The Balaban J connectivity index is 1.65. The van der Waals surface area contributed by atoms with Gasteiger partial charge in [0.1, 0.15) is 0 Å². The highest BCUT2D eigenvalue weighted by Gasteiger charge is 2.34. The second-order valence-corrected chi connectivity index (χ2v) is 5.02. The fourth-order valence-corrected chi connectivity index (χ4v) is 2.78. The van der Waals surface area contributed by atoms with Crippen LogP contribution in [0.25, 0.3) is 0 Å². The maximum atomic E-state index is 12.3. The summed E-state index contributed by atoms with van der Waals surface area (Å²) in [6, 6.07) is 10.4. The molecule has 2 N–H and O–H groups in total. The van der Waals surface area contributed by atoms with Crippen molar-refractivity contribution in [2.75, 3.05) is 24.5 Å². The van der Waals surface area contributed by atoms with E-state index in [0.717, 1.165) is 38.2 Å². The molecular weight excluding hydrogens is 226 g/mol. The number of amides is 1. The molecule has 2 fully saturated rings. The highest BCUT2D eigenvalue weighted by molar-refractivity contribution is 5.99. The molecule has 2 atom stereocenters. The normalized spacial score (nSPS) is 28.0. The summed E-state index contributed by atoms with van der Waals surface area (Å²) in [5.74, 6) is 0.216. The Hall–Kier alpha value is -1.39. The Kier molecular flexibility index (Phi) is 3.30. The van der Waals surface area contributed by atoms with Crippen LogP contribution in [0.2, 0.25) is 0 Å². The Bertz CT molecular complexity index is 414. The number of benzene rings is 1. The summed E-state index contributed by atoms with van der Waals surface area (Å²) in [7, 11) is 0. The summed E-state index contributed by atoms with van der Waals surface area (Å²) in [6.07, 6.45) is 2.03. The van der Waals surface area contributed by atoms with Gasteiger partial charge < -0.3 is 15.5 Å². The molecule has 2 aliphatic rings. The minimum absolute atomic E-state index is 0.00453. The van der Waals surface area contributed by atoms with Gasteiger partial charge in [-0.3, -0.25) is 4.79 Å². The molecule has 2 aliphatic heterocycles. The molecular formula is C14H19N3O. The average molecular weight is 245 g/mol. The van der Waals surface area contributed by atoms with Crippen LogP contribution in [0.1, 0.15) is 12.8 Å². The summed E-state index contributed by atoms with van der Waals surface area (Å²) in [5.41, 5.74) is 1.01. The Morgan fingerprint density at radius 3 is 2.78 bits per heavy atom. The van der Waals surface area contributed by atoms with E-state index in [-0.39, 0.29) is 11.9 Å². The lowest BCUT2D eigenvalue weighted by Gasteiger charge is -2.19. The third-order valence-electron chi connectivity index (χ3n) is 3.77. The van der Waals surface area contributed by atoms with Crippen LogP contribution in [-0.2, 0) is 4.79 Å². The van der Waals surface area contributed by atoms with Gasteiger partial charge in [-0.2, -0.15) is 0 Å². The summed E-state index contributed by atoms with van der Waals surface area (Å²) < 4.78 is 0. The number of carbonyl (C=O) groups excluding carboxylic acids is 1. The van der Waals surface area contributed by atoms with Gasteiger partial charge in [-0.25, -0.2) is 0 Å². The molecule has 1 amide bonds. The van der Waals surface area contributed by atoms with Gasteiger partial charge in [-0.1, -0.05) is 18.2 Å². The summed E-state index contributed by atoms with van der Waals surface area (Å²) in [4.78, 5) is 14.2. The van der Waals surface area contributed by atoms with Crippen LogP contribution in [-0.4, -0.2) is 37.6 Å². The zero-order chi connectivity index (χ0) is 12.4. The molecule has 0 saturated carbocycles. The number of carbonyl (C=O) groups is 1. The van der Waals surface area contributed by atoms with E-state index >= 15 is 0 Å². The van der Waals surface area contributed by atoms with Gasteiger partial charge >= 0.3 is 0 Å². The van der Waals surface area contributed by atoms with Gasteiger partial charge in [0.2, 0.25) is 5.91 Å². The maximum absolute atomic E-state index is 12.3. The number of anilines is 1. The van der Waals surface area contributed by atoms with Crippen molar-refractivity contribution in [3.8, 4) is 0 Å². The number of para-hydroxylation sites is 1. The van der Waals surface area contributed by atoms with Crippen molar-refractivity contribution >= 4 is 11.6 Å². The van der Waals surface area contributed by atoms with E-state index in [0.29, 0.717) is 6.04 Å². The van der Waals surface area contributed by atoms with Crippen LogP contribution in [0.15, 0.2) is 30.3 Å². The summed E-state index contributed by atoms with van der Waals surface area (Å²) >= 11 is 0. The summed E-state index contributed by atoms with van der Waals surface area (Å²) in [6.45, 7) is 2.86. The Morgan fingerprint density at radius 1 is 1.22 bits per heavy atom. The van der Waals surface area contributed by atoms with Crippen molar-refractivity contribution < 1.29 is 4.79 Å². The van der Waals surface area contributed by atoms with E-state index in [1.807, 2.05) is 35.2 Å². The van der Waals surface area contributed by atoms with Crippen molar-refractivity contribution in [2.24, 2.45) is 0 Å². The highest BCUT2D eigenvalue weighted by Crippen LogP contribution is 2.21. The van der Waals surface area contributed by atoms with E-state index in [1.54, 1.807) is 0 Å². The maximum Gasteiger partial charge on any atom is 0.244 e. The molecule has 18 heavy (non-hydrogen) atoms. The van der Waals surface area contributed by atoms with Crippen LogP contribution >= 0.6 is 0 Å². The van der Waals surface area contributed by atoms with Gasteiger partial charge in [0.15, 0.2) is 0 Å². The zero-order valence-electron chi connectivity index (χ0n) is 10.4. The number of nitrogens with one attached hydrogen (secondary N) is 2. The van der Waals surface area contributed by atoms with E-state index in [9.17, 15) is 4.79 Å². The molecule has 2 heterocycles. The third-order valence-corrected chi connectivity index (χ3v) is 3.77. The van der Waals surface area contributed by atoms with E-state index < -0.39 is 0 Å². The van der Waals surface area contributed by atoms with Crippen LogP contribution in [0, 0.1) is 0 Å². The van der Waals surface area contributed by atoms with Gasteiger partial charge in [0, 0.05) is 24.8 Å². The second-order valence-electron chi connectivity index (χ2n) is 5.02. The third kappa shape index (κ3) is 2.26. The largest absolute Gasteiger partial charge is 0.315 e. The molecule has 2 unspecified atom stereocenters. The minimum Gasteiger partial charge on any atom is -0.315 e. The average Bonchev–Trinajstić information content (AvgIpc) is 3.03. The van der Waals surface area contributed by atoms with E-state index in [1.165, 1.54) is 0 Å². The molecule has 0 aromatic heterocycles. The van der Waals surface area contributed by atoms with Crippen molar-refractivity contribution in [1.29, 1.82) is 0 Å². The van der Waals surface area contributed by atoms with E-state index in [2.05, 4.69) is 10.6 Å². The molecule has 96 valence electrons. The van der Waals surface area contributed by atoms with Crippen molar-refractivity contribution in [3.63, 3.8) is 0 Å². The lowest BCUT2D eigenvalue weighted by atomic mass is 10.2. The number of nitrogens with zero attached hydrogens (tertiary/aromatic N) is 1. The fourth-order valence-electron chi connectivity index (χ4n) is 2.78. The van der Waals surface area contributed by atoms with Crippen LogP contribution in [0.4, 0.5) is 5.69 Å². The number of hydrogen-bond donors (Lipinski definition) is 2. The highest BCUT2D eigenvalue weighted by atomic mass is 16.2. The fraction of sp³-hybridized carbons (Fsp3) is 0.500. The molecule has 3 rings (SSSR count). The standard InChI is InChI=1S/C14H19N3O/c18-14-13(16-11-6-8-15-10-11)7-9-17(14)12-4-2-1-3-5-12/h1-5,11,13,15-16H,6-10H2. The van der Waals surface area contributed by atoms with Gasteiger partial charge in [-0.15, -0.1) is 0 Å². The molecule has 4 nitrogen and oxygen atoms in total. The molecule has 1 aromatic carbocycles. The molecule has 0 aliphatic carbocycles. The van der Waals surface area contributed by atoms with Crippen molar-refractivity contribution in [3.05, 3.63) is 30.3 Å². The predicted octanol–water partition coefficient (Wildman–Crippen LogP) is 0.743. The molecule has 4 heteroatoms. The lowest BCUT2D eigenvalue weighted by Crippen LogP contribution is -2.44. The van der Waals surface area contributed by atoms with Crippen molar-refractivity contribution in [2.45, 2.75) is 24.9 Å². The van der Waals surface area contributed by atoms with Crippen LogP contribution in [0.5, 0.6) is 0 Å². The topological polar surface area (TPSA) is 44.4 Å². The monoisotopic (exact) mass is 245 g/mol. The Morgan fingerprint density at radius 2 is 2.06 bits per heavy atom. The molecule has 0 bridgehead atoms. The van der Waals surface area contributed by atoms with Gasteiger partial charge in [-0.05, 0) is 31.5 Å². The number of rotatable bonds is 3.